The van der Waals surface area contributed by atoms with Gasteiger partial charge in [-0.3, -0.25) is 4.79 Å². The lowest BCUT2D eigenvalue weighted by Gasteiger charge is -2.37. The van der Waals surface area contributed by atoms with Gasteiger partial charge in [-0.25, -0.2) is 3.63 Å². The van der Waals surface area contributed by atoms with Gasteiger partial charge < -0.3 is 0 Å². The van der Waals surface area contributed by atoms with Gasteiger partial charge in [0.25, 0.3) is 0 Å². The summed E-state index contributed by atoms with van der Waals surface area (Å²) in [6.45, 7) is 11.2. The second-order valence-electron chi connectivity index (χ2n) is 6.70. The maximum atomic E-state index is 12.6. The van der Waals surface area contributed by atoms with Gasteiger partial charge >= 0.3 is 10.1 Å². The molecule has 0 aliphatic rings. The molecule has 132 valence electrons. The van der Waals surface area contributed by atoms with Crippen LogP contribution in [0.5, 0.6) is 0 Å². The van der Waals surface area contributed by atoms with E-state index in [2.05, 4.69) is 0 Å². The Hall–Kier alpha value is -0.850. The largest absolute Gasteiger partial charge is 0.306 e. The predicted octanol–water partition coefficient (Wildman–Crippen LogP) is 4.07. The lowest BCUT2D eigenvalue weighted by atomic mass is 9.92. The molecule has 0 saturated heterocycles. The molecule has 23 heavy (non-hydrogen) atoms. The van der Waals surface area contributed by atoms with Crippen molar-refractivity contribution >= 4 is 26.2 Å². The Morgan fingerprint density at radius 2 is 1.52 bits per heavy atom. The maximum absolute atomic E-state index is 12.6. The van der Waals surface area contributed by atoms with Gasteiger partial charge in [0.2, 0.25) is 0 Å². The van der Waals surface area contributed by atoms with E-state index in [0.717, 1.165) is 5.56 Å². The van der Waals surface area contributed by atoms with Crippen LogP contribution in [0.1, 0.15) is 40.2 Å². The van der Waals surface area contributed by atoms with Crippen LogP contribution in [0.3, 0.4) is 0 Å². The number of benzene rings is 1. The van der Waals surface area contributed by atoms with E-state index in [-0.39, 0.29) is 16.4 Å². The van der Waals surface area contributed by atoms with E-state index in [1.165, 1.54) is 0 Å². The Morgan fingerprint density at radius 1 is 1.04 bits per heavy atom. The van der Waals surface area contributed by atoms with E-state index in [0.29, 0.717) is 11.5 Å². The number of carbonyl (C=O) groups is 1. The van der Waals surface area contributed by atoms with Crippen molar-refractivity contribution in [1.29, 1.82) is 0 Å². The Morgan fingerprint density at radius 3 is 1.91 bits per heavy atom. The lowest BCUT2D eigenvalue weighted by Crippen LogP contribution is -2.30. The molecule has 1 aromatic rings. The summed E-state index contributed by atoms with van der Waals surface area (Å²) in [5, 5.41) is 0. The highest BCUT2D eigenvalue weighted by Gasteiger charge is 2.35. The molecule has 0 heterocycles. The molecule has 0 unspecified atom stereocenters. The van der Waals surface area contributed by atoms with E-state index in [9.17, 15) is 13.2 Å². The number of ketones is 1. The molecule has 0 saturated carbocycles. The Balaban J connectivity index is 3.11. The van der Waals surface area contributed by atoms with Crippen LogP contribution in [-0.4, -0.2) is 31.5 Å². The fourth-order valence-corrected chi connectivity index (χ4v) is 6.91. The molecule has 4 nitrogen and oxygen atoms in total. The van der Waals surface area contributed by atoms with Gasteiger partial charge in [-0.2, -0.15) is 8.42 Å². The molecule has 0 aliphatic carbocycles. The van der Waals surface area contributed by atoms with Crippen molar-refractivity contribution in [2.75, 3.05) is 17.3 Å². The summed E-state index contributed by atoms with van der Waals surface area (Å²) in [4.78, 5) is 12.6. The number of hydrogen-bond donors (Lipinski definition) is 0. The monoisotopic (exact) mass is 360 g/mol. The highest BCUT2D eigenvalue weighted by molar-refractivity contribution is 8.33. The minimum Gasteiger partial charge on any atom is -0.298 e. The standard InChI is InChI=1S/C17H28O4S2/c1-7-22(8-2,13-16(18)17(4,5)6)21-23(19,20)15-11-9-14(3)10-12-15/h9-12H,7-8,13H2,1-6H3. The molecule has 0 radical (unpaired) electrons. The Labute approximate surface area is 142 Å². The molecule has 1 aromatic carbocycles. The van der Waals surface area contributed by atoms with Gasteiger partial charge in [0.15, 0.2) is 0 Å². The highest BCUT2D eigenvalue weighted by Crippen LogP contribution is 2.51. The fourth-order valence-electron chi connectivity index (χ4n) is 1.92. The summed E-state index contributed by atoms with van der Waals surface area (Å²) in [5.74, 6) is 1.29. The molecule has 0 fully saturated rings. The molecule has 6 heteroatoms. The number of carbonyl (C=O) groups excluding carboxylic acids is 1. The van der Waals surface area contributed by atoms with Crippen LogP contribution in [0.4, 0.5) is 0 Å². The van der Waals surface area contributed by atoms with Crippen LogP contribution in [0.15, 0.2) is 29.2 Å². The first-order valence-corrected chi connectivity index (χ1v) is 11.3. The maximum Gasteiger partial charge on any atom is 0.306 e. The zero-order valence-corrected chi connectivity index (χ0v) is 16.5. The average Bonchev–Trinajstić information content (AvgIpc) is 2.45. The SMILES string of the molecule is CCS(CC)(CC(=O)C(C)(C)C)OS(=O)(=O)c1ccc(C)cc1. The summed E-state index contributed by atoms with van der Waals surface area (Å²) in [7, 11) is -5.87. The molecule has 0 atom stereocenters. The van der Waals surface area contributed by atoms with E-state index < -0.39 is 25.8 Å². The summed E-state index contributed by atoms with van der Waals surface area (Å²) in [6, 6.07) is 6.58. The molecule has 0 amide bonds. The van der Waals surface area contributed by atoms with Crippen LogP contribution < -0.4 is 0 Å². The van der Waals surface area contributed by atoms with Crippen LogP contribution in [0.25, 0.3) is 0 Å². The second kappa shape index (κ2) is 7.36. The van der Waals surface area contributed by atoms with Crippen molar-refractivity contribution in [1.82, 2.24) is 0 Å². The van der Waals surface area contributed by atoms with Gasteiger partial charge in [0, 0.05) is 5.41 Å². The second-order valence-corrected chi connectivity index (χ2v) is 12.0. The summed E-state index contributed by atoms with van der Waals surface area (Å²) in [6.07, 6.45) is 0. The minimum absolute atomic E-state index is 0.0373. The van der Waals surface area contributed by atoms with Gasteiger partial charge in [0.1, 0.15) is 5.78 Å². The van der Waals surface area contributed by atoms with Gasteiger partial charge in [-0.1, -0.05) is 52.3 Å². The Kier molecular flexibility index (Phi) is 6.47. The van der Waals surface area contributed by atoms with Crippen LogP contribution in [0, 0.1) is 12.3 Å². The normalized spacial score (nSPS) is 13.8. The van der Waals surface area contributed by atoms with Crippen molar-refractivity contribution in [2.45, 2.75) is 46.4 Å². The quantitative estimate of drug-likeness (QED) is 0.735. The molecular weight excluding hydrogens is 332 g/mol. The van der Waals surface area contributed by atoms with Crippen molar-refractivity contribution in [3.8, 4) is 0 Å². The zero-order chi connectivity index (χ0) is 17.9. The van der Waals surface area contributed by atoms with E-state index in [1.807, 2.05) is 41.5 Å². The molecular formula is C17H28O4S2. The van der Waals surface area contributed by atoms with Gasteiger partial charge in [-0.05, 0) is 30.6 Å². The van der Waals surface area contributed by atoms with Gasteiger partial charge in [-0.15, -0.1) is 10.3 Å². The topological polar surface area (TPSA) is 60.4 Å². The zero-order valence-electron chi connectivity index (χ0n) is 14.9. The first-order valence-electron chi connectivity index (χ1n) is 7.78. The minimum atomic E-state index is -3.87. The van der Waals surface area contributed by atoms with Gasteiger partial charge in [0.05, 0.1) is 10.6 Å². The van der Waals surface area contributed by atoms with Crippen LogP contribution >= 0.6 is 10.3 Å². The summed E-state index contributed by atoms with van der Waals surface area (Å²) in [5.41, 5.74) is 0.482. The molecule has 0 bridgehead atoms. The first kappa shape index (κ1) is 20.2. The molecule has 0 aliphatic heterocycles. The third kappa shape index (κ3) is 5.33. The molecule has 1 rings (SSSR count). The number of rotatable bonds is 7. The highest BCUT2D eigenvalue weighted by atomic mass is 32.3. The number of hydrogen-bond acceptors (Lipinski definition) is 4. The summed E-state index contributed by atoms with van der Waals surface area (Å²) < 4.78 is 30.8. The van der Waals surface area contributed by atoms with Crippen molar-refractivity contribution in [3.63, 3.8) is 0 Å². The molecule has 0 aromatic heterocycles. The molecule has 0 N–H and O–H groups in total. The number of Topliss-reactive ketones (excluding diaryl/α,β-unsaturated/α-hetero) is 1. The third-order valence-corrected chi connectivity index (χ3v) is 9.44. The predicted molar refractivity (Wildman–Crippen MR) is 97.5 cm³/mol. The van der Waals surface area contributed by atoms with E-state index in [1.54, 1.807) is 24.3 Å². The third-order valence-electron chi connectivity index (χ3n) is 3.83. The van der Waals surface area contributed by atoms with Crippen molar-refractivity contribution in [3.05, 3.63) is 29.8 Å². The Bertz CT molecular complexity index is 636. The first-order chi connectivity index (χ1) is 10.5. The smallest absolute Gasteiger partial charge is 0.298 e. The van der Waals surface area contributed by atoms with Crippen molar-refractivity contribution < 1.29 is 16.8 Å². The van der Waals surface area contributed by atoms with Crippen molar-refractivity contribution in [2.24, 2.45) is 5.41 Å². The average molecular weight is 361 g/mol. The number of aryl methyl sites for hydroxylation is 1. The van der Waals surface area contributed by atoms with E-state index in [4.69, 9.17) is 3.63 Å². The lowest BCUT2D eigenvalue weighted by molar-refractivity contribution is -0.123. The summed E-state index contributed by atoms with van der Waals surface area (Å²) >= 11 is 0. The van der Waals surface area contributed by atoms with Crippen LogP contribution in [-0.2, 0) is 18.5 Å². The van der Waals surface area contributed by atoms with E-state index >= 15 is 0 Å². The van der Waals surface area contributed by atoms with Crippen LogP contribution in [0.2, 0.25) is 0 Å². The fraction of sp³-hybridized carbons (Fsp3) is 0.588. The molecule has 0 spiro atoms.